The van der Waals surface area contributed by atoms with Crippen LogP contribution in [0.5, 0.6) is 0 Å². The number of hydrogen-bond donors (Lipinski definition) is 0. The van der Waals surface area contributed by atoms with Crippen LogP contribution in [0.25, 0.3) is 0 Å². The second-order valence-electron chi connectivity index (χ2n) is 17.4. The molecule has 0 saturated carbocycles. The number of unbranched alkanes of at least 4 members (excludes halogenated alkanes) is 20. The summed E-state index contributed by atoms with van der Waals surface area (Å²) in [5.41, 5.74) is 0. The Labute approximate surface area is 400 Å². The molecular formula is C59H98O6. The van der Waals surface area contributed by atoms with Crippen LogP contribution in [0.15, 0.2) is 97.2 Å². The van der Waals surface area contributed by atoms with Gasteiger partial charge in [0.1, 0.15) is 13.2 Å². The molecule has 0 aliphatic rings. The summed E-state index contributed by atoms with van der Waals surface area (Å²) in [5, 5.41) is 0. The molecule has 6 heteroatoms. The molecule has 0 aromatic heterocycles. The molecule has 1 atom stereocenters. The van der Waals surface area contributed by atoms with Gasteiger partial charge in [0.2, 0.25) is 0 Å². The van der Waals surface area contributed by atoms with Crippen molar-refractivity contribution in [2.24, 2.45) is 0 Å². The standard InChI is InChI=1S/C59H98O6/c1-4-7-10-13-16-19-22-24-26-28-29-31-32-34-37-40-43-46-49-52-58(61)64-55-56(54-63-57(60)51-48-45-42-39-36-21-18-15-12-9-6-3)65-59(62)53-50-47-44-41-38-35-33-30-27-25-23-20-17-14-11-8-5-2/h7,10,16-17,19-20,24-27,29,31,33-35,37,56H,4-6,8-9,11-15,18,21-23,28,30,32,36,38-55H2,1-3H3/b10-7-,19-16-,20-17-,26-24-,27-25-,31-29-,35-33-,37-34-/t56-/m1/s1. The fourth-order valence-electron chi connectivity index (χ4n) is 7.06. The Bertz CT molecular complexity index is 1310. The van der Waals surface area contributed by atoms with Crippen molar-refractivity contribution in [3.63, 3.8) is 0 Å². The Morgan fingerprint density at radius 3 is 0.985 bits per heavy atom. The summed E-state index contributed by atoms with van der Waals surface area (Å²) in [6.07, 6.45) is 69.6. The zero-order valence-electron chi connectivity index (χ0n) is 42.2. The average Bonchev–Trinajstić information content (AvgIpc) is 3.30. The van der Waals surface area contributed by atoms with Gasteiger partial charge in [-0.05, 0) is 103 Å². The molecule has 0 aromatic rings. The molecule has 370 valence electrons. The smallest absolute Gasteiger partial charge is 0.306 e. The number of esters is 3. The minimum Gasteiger partial charge on any atom is -0.462 e. The molecule has 65 heavy (non-hydrogen) atoms. The fourth-order valence-corrected chi connectivity index (χ4v) is 7.06. The highest BCUT2D eigenvalue weighted by Crippen LogP contribution is 2.14. The third-order valence-electron chi connectivity index (χ3n) is 11.1. The third-order valence-corrected chi connectivity index (χ3v) is 11.1. The molecule has 0 N–H and O–H groups in total. The first kappa shape index (κ1) is 61.3. The summed E-state index contributed by atoms with van der Waals surface area (Å²) in [4.78, 5) is 38.0. The van der Waals surface area contributed by atoms with Crippen LogP contribution in [0.4, 0.5) is 0 Å². The Morgan fingerprint density at radius 2 is 0.600 bits per heavy atom. The lowest BCUT2D eigenvalue weighted by Gasteiger charge is -2.18. The van der Waals surface area contributed by atoms with E-state index in [4.69, 9.17) is 14.2 Å². The minimum absolute atomic E-state index is 0.0968. The molecule has 0 spiro atoms. The van der Waals surface area contributed by atoms with E-state index >= 15 is 0 Å². The van der Waals surface area contributed by atoms with E-state index < -0.39 is 6.10 Å². The molecule has 0 heterocycles. The van der Waals surface area contributed by atoms with Crippen LogP contribution in [0, 0.1) is 0 Å². The predicted molar refractivity (Wildman–Crippen MR) is 279 cm³/mol. The molecule has 0 bridgehead atoms. The Balaban J connectivity index is 4.47. The maximum Gasteiger partial charge on any atom is 0.306 e. The summed E-state index contributed by atoms with van der Waals surface area (Å²) in [5.74, 6) is -0.954. The maximum absolute atomic E-state index is 12.8. The highest BCUT2D eigenvalue weighted by molar-refractivity contribution is 5.71. The molecular weight excluding hydrogens is 805 g/mol. The van der Waals surface area contributed by atoms with Gasteiger partial charge in [-0.1, -0.05) is 214 Å². The molecule has 0 rings (SSSR count). The van der Waals surface area contributed by atoms with Gasteiger partial charge in [0.05, 0.1) is 0 Å². The summed E-state index contributed by atoms with van der Waals surface area (Å²) in [7, 11) is 0. The molecule has 6 nitrogen and oxygen atoms in total. The first-order valence-electron chi connectivity index (χ1n) is 26.7. The molecule has 0 amide bonds. The van der Waals surface area contributed by atoms with E-state index in [1.807, 2.05) is 0 Å². The van der Waals surface area contributed by atoms with E-state index in [-0.39, 0.29) is 31.1 Å². The van der Waals surface area contributed by atoms with Crippen LogP contribution in [0.1, 0.15) is 239 Å². The number of hydrogen-bond acceptors (Lipinski definition) is 6. The lowest BCUT2D eigenvalue weighted by molar-refractivity contribution is -0.167. The van der Waals surface area contributed by atoms with E-state index in [2.05, 4.69) is 118 Å². The lowest BCUT2D eigenvalue weighted by atomic mass is 10.1. The van der Waals surface area contributed by atoms with Gasteiger partial charge in [-0.3, -0.25) is 14.4 Å². The molecule has 0 fully saturated rings. The topological polar surface area (TPSA) is 78.9 Å². The third kappa shape index (κ3) is 51.2. The van der Waals surface area contributed by atoms with E-state index in [1.54, 1.807) is 0 Å². The van der Waals surface area contributed by atoms with Crippen molar-refractivity contribution in [3.8, 4) is 0 Å². The zero-order chi connectivity index (χ0) is 47.2. The van der Waals surface area contributed by atoms with Gasteiger partial charge < -0.3 is 14.2 Å². The van der Waals surface area contributed by atoms with Gasteiger partial charge in [-0.2, -0.15) is 0 Å². The van der Waals surface area contributed by atoms with Gasteiger partial charge in [-0.15, -0.1) is 0 Å². The van der Waals surface area contributed by atoms with Gasteiger partial charge >= 0.3 is 17.9 Å². The lowest BCUT2D eigenvalue weighted by Crippen LogP contribution is -2.30. The highest BCUT2D eigenvalue weighted by Gasteiger charge is 2.19. The molecule has 0 saturated heterocycles. The maximum atomic E-state index is 12.8. The fraction of sp³-hybridized carbons (Fsp3) is 0.678. The highest BCUT2D eigenvalue weighted by atomic mass is 16.6. The van der Waals surface area contributed by atoms with Crippen molar-refractivity contribution in [3.05, 3.63) is 97.2 Å². The summed E-state index contributed by atoms with van der Waals surface area (Å²) >= 11 is 0. The predicted octanol–water partition coefficient (Wildman–Crippen LogP) is 17.8. The Hall–Kier alpha value is -3.67. The van der Waals surface area contributed by atoms with Crippen LogP contribution in [-0.2, 0) is 28.6 Å². The van der Waals surface area contributed by atoms with E-state index in [1.165, 1.54) is 77.0 Å². The first-order chi connectivity index (χ1) is 32.0. The van der Waals surface area contributed by atoms with Crippen LogP contribution in [0.3, 0.4) is 0 Å². The molecule has 0 unspecified atom stereocenters. The van der Waals surface area contributed by atoms with Crippen LogP contribution in [-0.4, -0.2) is 37.2 Å². The number of ether oxygens (including phenoxy) is 3. The summed E-state index contributed by atoms with van der Waals surface area (Å²) in [6, 6.07) is 0. The molecule has 0 radical (unpaired) electrons. The van der Waals surface area contributed by atoms with Gasteiger partial charge in [0.25, 0.3) is 0 Å². The SMILES string of the molecule is CC/C=C\C/C=C\C/C=C\C/C=C\C/C=C\CCCCCC(=O)OC[C@@H](COC(=O)CCCCCCCCCCCCC)OC(=O)CCCCCC/C=C\C/C=C\C/C=C\CCCCC. The van der Waals surface area contributed by atoms with Gasteiger partial charge in [0.15, 0.2) is 6.10 Å². The second-order valence-corrected chi connectivity index (χ2v) is 17.4. The average molecular weight is 903 g/mol. The van der Waals surface area contributed by atoms with Crippen LogP contribution in [0.2, 0.25) is 0 Å². The number of allylic oxidation sites excluding steroid dienone is 16. The van der Waals surface area contributed by atoms with E-state index in [0.717, 1.165) is 122 Å². The number of carbonyl (C=O) groups excluding carboxylic acids is 3. The number of rotatable bonds is 47. The summed E-state index contributed by atoms with van der Waals surface area (Å²) < 4.78 is 16.8. The molecule has 0 aromatic carbocycles. The van der Waals surface area contributed by atoms with Crippen molar-refractivity contribution in [2.75, 3.05) is 13.2 Å². The van der Waals surface area contributed by atoms with Crippen LogP contribution < -0.4 is 0 Å². The molecule has 0 aliphatic heterocycles. The molecule has 0 aliphatic carbocycles. The first-order valence-corrected chi connectivity index (χ1v) is 26.7. The Kier molecular flexibility index (Phi) is 50.0. The van der Waals surface area contributed by atoms with Crippen molar-refractivity contribution < 1.29 is 28.6 Å². The summed E-state index contributed by atoms with van der Waals surface area (Å²) in [6.45, 7) is 6.44. The van der Waals surface area contributed by atoms with Crippen molar-refractivity contribution in [2.45, 2.75) is 245 Å². The Morgan fingerprint density at radius 1 is 0.323 bits per heavy atom. The quantitative estimate of drug-likeness (QED) is 0.0262. The minimum atomic E-state index is -0.802. The zero-order valence-corrected chi connectivity index (χ0v) is 42.2. The van der Waals surface area contributed by atoms with Crippen molar-refractivity contribution in [1.29, 1.82) is 0 Å². The second kappa shape index (κ2) is 52.9. The number of carbonyl (C=O) groups is 3. The van der Waals surface area contributed by atoms with Crippen LogP contribution >= 0.6 is 0 Å². The van der Waals surface area contributed by atoms with Gasteiger partial charge in [-0.25, -0.2) is 0 Å². The van der Waals surface area contributed by atoms with E-state index in [9.17, 15) is 14.4 Å². The van der Waals surface area contributed by atoms with E-state index in [0.29, 0.717) is 19.3 Å². The van der Waals surface area contributed by atoms with Crippen molar-refractivity contribution in [1.82, 2.24) is 0 Å². The largest absolute Gasteiger partial charge is 0.462 e. The van der Waals surface area contributed by atoms with Crippen molar-refractivity contribution >= 4 is 17.9 Å². The monoisotopic (exact) mass is 903 g/mol. The van der Waals surface area contributed by atoms with Gasteiger partial charge in [0, 0.05) is 19.3 Å². The normalized spacial score (nSPS) is 12.8.